The minimum Gasteiger partial charge on any atom is -0.478 e. The lowest BCUT2D eigenvalue weighted by atomic mass is 9.91. The van der Waals surface area contributed by atoms with Gasteiger partial charge < -0.3 is 20.8 Å². The number of benzene rings is 3. The third kappa shape index (κ3) is 11.3. The van der Waals surface area contributed by atoms with Crippen LogP contribution in [0.4, 0.5) is 0 Å². The minimum absolute atomic E-state index is 0.0634. The van der Waals surface area contributed by atoms with E-state index in [0.717, 1.165) is 12.5 Å². The van der Waals surface area contributed by atoms with Gasteiger partial charge in [-0.25, -0.2) is 14.6 Å². The highest BCUT2D eigenvalue weighted by atomic mass is 16.6. The lowest BCUT2D eigenvalue weighted by Crippen LogP contribution is -2.74. The lowest BCUT2D eigenvalue weighted by molar-refractivity contribution is -0.189. The molecule has 3 aromatic carbocycles. The van der Waals surface area contributed by atoms with Gasteiger partial charge in [0.15, 0.2) is 0 Å². The van der Waals surface area contributed by atoms with Crippen LogP contribution in [0.15, 0.2) is 91.0 Å². The predicted molar refractivity (Wildman–Crippen MR) is 196 cm³/mol. The number of carbonyl (C=O) groups is 5. The predicted octanol–water partition coefficient (Wildman–Crippen LogP) is 4.50. The van der Waals surface area contributed by atoms with Crippen LogP contribution in [-0.2, 0) is 36.8 Å². The van der Waals surface area contributed by atoms with Crippen molar-refractivity contribution in [2.24, 2.45) is 17.6 Å². The van der Waals surface area contributed by atoms with Gasteiger partial charge >= 0.3 is 5.97 Å². The van der Waals surface area contributed by atoms with E-state index in [2.05, 4.69) is 5.48 Å². The van der Waals surface area contributed by atoms with Gasteiger partial charge in [0.05, 0.1) is 18.6 Å². The highest BCUT2D eigenvalue weighted by Crippen LogP contribution is 2.32. The quantitative estimate of drug-likeness (QED) is 0.102. The van der Waals surface area contributed by atoms with Gasteiger partial charge in [-0.1, -0.05) is 107 Å². The van der Waals surface area contributed by atoms with Crippen LogP contribution in [0.1, 0.15) is 71.4 Å². The summed E-state index contributed by atoms with van der Waals surface area (Å²) in [7, 11) is 0. The molecule has 0 aliphatic rings. The van der Waals surface area contributed by atoms with E-state index in [1.807, 2.05) is 58.0 Å². The number of aliphatic hydroxyl groups is 1. The van der Waals surface area contributed by atoms with Crippen LogP contribution in [0, 0.1) is 11.8 Å². The van der Waals surface area contributed by atoms with Crippen LogP contribution < -0.4 is 16.1 Å². The smallest absolute Gasteiger partial charge is 0.352 e. The number of carboxylic acids is 1. The van der Waals surface area contributed by atoms with Crippen molar-refractivity contribution in [2.75, 3.05) is 0 Å². The Morgan fingerprint density at radius 3 is 1.79 bits per heavy atom. The summed E-state index contributed by atoms with van der Waals surface area (Å²) in [6.07, 6.45) is -2.01. The van der Waals surface area contributed by atoms with Gasteiger partial charge in [0.1, 0.15) is 11.8 Å². The molecule has 4 atom stereocenters. The van der Waals surface area contributed by atoms with Crippen molar-refractivity contribution in [1.29, 1.82) is 0 Å². The fraction of sp³-hybridized carbons (Fsp3) is 0.425. The first-order valence-corrected chi connectivity index (χ1v) is 17.6. The number of nitrogens with zero attached hydrogens (tertiary/aromatic N) is 2. The van der Waals surface area contributed by atoms with Gasteiger partial charge in [-0.05, 0) is 60.8 Å². The fourth-order valence-corrected chi connectivity index (χ4v) is 6.12. The second-order valence-corrected chi connectivity index (χ2v) is 13.9. The molecule has 52 heavy (non-hydrogen) atoms. The summed E-state index contributed by atoms with van der Waals surface area (Å²) in [5, 5.41) is 22.5. The highest BCUT2D eigenvalue weighted by molar-refractivity contribution is 6.08. The van der Waals surface area contributed by atoms with Gasteiger partial charge in [0.25, 0.3) is 5.91 Å². The first kappa shape index (κ1) is 41.5. The Balaban J connectivity index is 2.26. The molecule has 3 rings (SSSR count). The topological polar surface area (TPSA) is 180 Å². The van der Waals surface area contributed by atoms with Crippen molar-refractivity contribution in [2.45, 2.75) is 97.0 Å². The molecule has 3 aromatic rings. The zero-order valence-electron chi connectivity index (χ0n) is 30.6. The monoisotopic (exact) mass is 716 g/mol. The molecule has 280 valence electrons. The Morgan fingerprint density at radius 1 is 0.769 bits per heavy atom. The number of rotatable bonds is 19. The second-order valence-electron chi connectivity index (χ2n) is 13.9. The number of nitrogens with two attached hydrogens (primary N) is 1. The lowest BCUT2D eigenvalue weighted by Gasteiger charge is -2.47. The van der Waals surface area contributed by atoms with E-state index in [1.54, 1.807) is 60.7 Å². The zero-order chi connectivity index (χ0) is 38.4. The number of aryl methyl sites for hydroxylation is 1. The van der Waals surface area contributed by atoms with E-state index < -0.39 is 66.3 Å². The molecule has 0 radical (unpaired) electrons. The van der Waals surface area contributed by atoms with E-state index in [4.69, 9.17) is 10.6 Å². The average Bonchev–Trinajstić information content (AvgIpc) is 3.09. The molecule has 0 spiro atoms. The zero-order valence-corrected chi connectivity index (χ0v) is 30.6. The molecule has 5 N–H and O–H groups in total. The molecule has 0 bridgehead atoms. The van der Waals surface area contributed by atoms with Crippen LogP contribution in [0.25, 0.3) is 0 Å². The van der Waals surface area contributed by atoms with Crippen LogP contribution in [0.2, 0.25) is 0 Å². The van der Waals surface area contributed by atoms with Crippen LogP contribution in [0.5, 0.6) is 5.75 Å². The number of hydroxylamine groups is 1. The van der Waals surface area contributed by atoms with E-state index in [1.165, 1.54) is 0 Å². The summed E-state index contributed by atoms with van der Waals surface area (Å²) >= 11 is 0. The molecule has 0 saturated heterocycles. The normalized spacial score (nSPS) is 14.2. The molecule has 0 aromatic heterocycles. The Hall–Kier alpha value is -4.91. The van der Waals surface area contributed by atoms with E-state index in [9.17, 15) is 34.2 Å². The van der Waals surface area contributed by atoms with Crippen molar-refractivity contribution >= 4 is 29.6 Å². The summed E-state index contributed by atoms with van der Waals surface area (Å²) < 4.78 is 0. The molecule has 0 unspecified atom stereocenters. The molecule has 0 aliphatic heterocycles. The number of imide groups is 2. The Bertz CT molecular complexity index is 1620. The second kappa shape index (κ2) is 19.6. The maximum absolute atomic E-state index is 15.0. The molecule has 0 heterocycles. The average molecular weight is 717 g/mol. The molecule has 0 saturated carbocycles. The molecule has 12 nitrogen and oxygen atoms in total. The summed E-state index contributed by atoms with van der Waals surface area (Å²) in [4.78, 5) is 78.1. The number of carboxylic acid groups (broad SMARTS) is 1. The number of para-hydroxylation sites is 1. The van der Waals surface area contributed by atoms with E-state index in [0.29, 0.717) is 27.5 Å². The summed E-state index contributed by atoms with van der Waals surface area (Å²) in [6.45, 7) is 8.27. The molecule has 4 amide bonds. The molecular weight excluding hydrogens is 664 g/mol. The van der Waals surface area contributed by atoms with E-state index in [-0.39, 0.29) is 31.1 Å². The third-order valence-corrected chi connectivity index (χ3v) is 8.51. The SMILES string of the molecule is CC(=O)N(C(=O)[C@@H](N)CC(C)C)[C@](Cc1ccccc1)(C(=O)O)N(C(=O)C[C@@H](O)CCc1ccccc1)C(=O)[C@H](CC(C)C)NOc1ccccc1. The number of carbonyl (C=O) groups excluding carboxylic acids is 4. The van der Waals surface area contributed by atoms with Crippen molar-refractivity contribution in [3.8, 4) is 5.75 Å². The highest BCUT2D eigenvalue weighted by Gasteiger charge is 2.59. The van der Waals surface area contributed by atoms with Gasteiger partial charge in [-0.2, -0.15) is 0 Å². The van der Waals surface area contributed by atoms with Gasteiger partial charge in [0.2, 0.25) is 23.4 Å². The van der Waals surface area contributed by atoms with Gasteiger partial charge in [-0.3, -0.25) is 19.2 Å². The first-order chi connectivity index (χ1) is 24.7. The van der Waals surface area contributed by atoms with Crippen molar-refractivity contribution in [3.63, 3.8) is 0 Å². The molecule has 12 heteroatoms. The number of aliphatic carboxylic acids is 1. The van der Waals surface area contributed by atoms with Crippen LogP contribution in [-0.4, -0.2) is 73.5 Å². The number of aliphatic hydroxyl groups excluding tert-OH is 1. The molecular formula is C40H52N4O8. The third-order valence-electron chi connectivity index (χ3n) is 8.51. The van der Waals surface area contributed by atoms with Crippen LogP contribution in [0.3, 0.4) is 0 Å². The van der Waals surface area contributed by atoms with E-state index >= 15 is 0 Å². The van der Waals surface area contributed by atoms with Gasteiger partial charge in [-0.15, -0.1) is 5.48 Å². The molecule has 0 aliphatic carbocycles. The minimum atomic E-state index is -2.93. The number of amides is 4. The van der Waals surface area contributed by atoms with Crippen molar-refractivity contribution < 1.29 is 39.0 Å². The van der Waals surface area contributed by atoms with Crippen molar-refractivity contribution in [1.82, 2.24) is 15.3 Å². The van der Waals surface area contributed by atoms with Gasteiger partial charge in [0, 0.05) is 13.3 Å². The standard InChI is InChI=1S/C40H52N4O8/c1-27(2)23-34(41)37(48)43(29(5)45)40(39(50)51,26-31-17-11-7-12-18-31)44(36(47)25-32(46)22-21-30-15-9-6-10-16-30)38(49)35(24-28(3)4)42-52-33-19-13-8-14-20-33/h6-20,27-28,32,34-35,42,46H,21-26,41H2,1-5H3,(H,50,51)/t32-,34-,35-,40-/m0/s1. The maximum Gasteiger partial charge on any atom is 0.352 e. The largest absolute Gasteiger partial charge is 0.478 e. The van der Waals surface area contributed by atoms with Crippen LogP contribution >= 0.6 is 0 Å². The first-order valence-electron chi connectivity index (χ1n) is 17.6. The summed E-state index contributed by atoms with van der Waals surface area (Å²) in [5.41, 5.74) is 7.30. The summed E-state index contributed by atoms with van der Waals surface area (Å²) in [5.74, 6) is -6.04. The Morgan fingerprint density at radius 2 is 1.29 bits per heavy atom. The Kier molecular flexibility index (Phi) is 15.7. The number of hydrogen-bond acceptors (Lipinski definition) is 9. The maximum atomic E-state index is 15.0. The summed E-state index contributed by atoms with van der Waals surface area (Å²) in [6, 6.07) is 23.2. The number of hydrogen-bond donors (Lipinski definition) is 4. The van der Waals surface area contributed by atoms with Crippen molar-refractivity contribution in [3.05, 3.63) is 102 Å². The number of nitrogens with one attached hydrogen (secondary N) is 1. The molecule has 0 fully saturated rings. The Labute approximate surface area is 305 Å². The fourth-order valence-electron chi connectivity index (χ4n) is 6.12.